The zero-order valence-electron chi connectivity index (χ0n) is 10.9. The molecule has 0 bridgehead atoms. The smallest absolute Gasteiger partial charge is 0.241 e. The van der Waals surface area contributed by atoms with Gasteiger partial charge in [0.1, 0.15) is 5.82 Å². The molecule has 0 amide bonds. The predicted molar refractivity (Wildman–Crippen MR) is 71.4 cm³/mol. The minimum atomic E-state index is -3.71. The summed E-state index contributed by atoms with van der Waals surface area (Å²) in [5.41, 5.74) is 5.47. The Hall–Kier alpha value is -0.980. The first-order valence-electron chi connectivity index (χ1n) is 6.44. The van der Waals surface area contributed by atoms with Gasteiger partial charge in [-0.05, 0) is 31.4 Å². The third-order valence-electron chi connectivity index (χ3n) is 3.31. The summed E-state index contributed by atoms with van der Waals surface area (Å²) in [6.45, 7) is 1.69. The van der Waals surface area contributed by atoms with Gasteiger partial charge in [0.25, 0.3) is 0 Å². The van der Waals surface area contributed by atoms with Crippen LogP contribution < -0.4 is 10.5 Å². The van der Waals surface area contributed by atoms with E-state index in [4.69, 9.17) is 5.73 Å². The maximum Gasteiger partial charge on any atom is 0.241 e. The van der Waals surface area contributed by atoms with Crippen molar-refractivity contribution in [2.24, 2.45) is 11.7 Å². The molecule has 3 N–H and O–H groups in total. The zero-order chi connectivity index (χ0) is 14.0. The van der Waals surface area contributed by atoms with Crippen molar-refractivity contribution in [1.82, 2.24) is 4.72 Å². The van der Waals surface area contributed by atoms with Gasteiger partial charge in [0.05, 0.1) is 4.90 Å². The minimum Gasteiger partial charge on any atom is -0.326 e. The molecule has 0 spiro atoms. The molecule has 1 atom stereocenters. The van der Waals surface area contributed by atoms with E-state index in [2.05, 4.69) is 4.72 Å². The largest absolute Gasteiger partial charge is 0.326 e. The number of nitrogens with two attached hydrogens (primary N) is 1. The van der Waals surface area contributed by atoms with Gasteiger partial charge in [-0.25, -0.2) is 17.5 Å². The van der Waals surface area contributed by atoms with Crippen molar-refractivity contribution in [3.8, 4) is 0 Å². The Balaban J connectivity index is 2.20. The first-order valence-corrected chi connectivity index (χ1v) is 7.92. The molecule has 0 aromatic heterocycles. The Labute approximate surface area is 113 Å². The predicted octanol–water partition coefficient (Wildman–Crippen LogP) is 1.75. The topological polar surface area (TPSA) is 72.2 Å². The van der Waals surface area contributed by atoms with Crippen LogP contribution in [0.15, 0.2) is 23.1 Å². The summed E-state index contributed by atoms with van der Waals surface area (Å²) < 4.78 is 40.6. The Morgan fingerprint density at radius 2 is 2.16 bits per heavy atom. The second-order valence-corrected chi connectivity index (χ2v) is 6.80. The molecule has 1 aromatic carbocycles. The fourth-order valence-corrected chi connectivity index (χ4v) is 3.73. The Morgan fingerprint density at radius 3 is 2.74 bits per heavy atom. The van der Waals surface area contributed by atoms with Crippen molar-refractivity contribution in [3.63, 3.8) is 0 Å². The molecule has 1 unspecified atom stereocenters. The van der Waals surface area contributed by atoms with Crippen LogP contribution in [-0.2, 0) is 16.6 Å². The van der Waals surface area contributed by atoms with Crippen molar-refractivity contribution >= 4 is 10.0 Å². The average molecular weight is 286 g/mol. The molecule has 106 valence electrons. The van der Waals surface area contributed by atoms with E-state index >= 15 is 0 Å². The second-order valence-electron chi connectivity index (χ2n) is 5.12. The Bertz CT molecular complexity index is 556. The highest BCUT2D eigenvalue weighted by atomic mass is 32.2. The first-order chi connectivity index (χ1) is 8.94. The van der Waals surface area contributed by atoms with Crippen LogP contribution in [0.25, 0.3) is 0 Å². The molecular formula is C13H19FN2O2S. The van der Waals surface area contributed by atoms with Gasteiger partial charge in [0, 0.05) is 18.2 Å². The van der Waals surface area contributed by atoms with Gasteiger partial charge >= 0.3 is 0 Å². The maximum atomic E-state index is 13.6. The molecule has 1 aliphatic rings. The van der Waals surface area contributed by atoms with Crippen LogP contribution in [0, 0.1) is 11.7 Å². The summed E-state index contributed by atoms with van der Waals surface area (Å²) in [5, 5.41) is 0. The second kappa shape index (κ2) is 5.56. The summed E-state index contributed by atoms with van der Waals surface area (Å²) >= 11 is 0. The van der Waals surface area contributed by atoms with Crippen molar-refractivity contribution in [3.05, 3.63) is 29.6 Å². The SMILES string of the molecule is CC(CC1CC1)NS(=O)(=O)c1cccc(F)c1CN. The van der Waals surface area contributed by atoms with Gasteiger partial charge in [0.15, 0.2) is 0 Å². The van der Waals surface area contributed by atoms with E-state index in [1.165, 1.54) is 31.0 Å². The molecule has 0 saturated heterocycles. The van der Waals surface area contributed by atoms with E-state index in [0.29, 0.717) is 5.92 Å². The number of hydrogen-bond acceptors (Lipinski definition) is 3. The molecule has 0 heterocycles. The molecule has 6 heteroatoms. The lowest BCUT2D eigenvalue weighted by Gasteiger charge is -2.16. The minimum absolute atomic E-state index is 0.0358. The lowest BCUT2D eigenvalue weighted by molar-refractivity contribution is 0.527. The number of rotatable bonds is 6. The number of hydrogen-bond donors (Lipinski definition) is 2. The Kier molecular flexibility index (Phi) is 4.23. The third kappa shape index (κ3) is 3.52. The van der Waals surface area contributed by atoms with Crippen LogP contribution in [0.2, 0.25) is 0 Å². The van der Waals surface area contributed by atoms with E-state index in [1.54, 1.807) is 0 Å². The van der Waals surface area contributed by atoms with Gasteiger partial charge in [0.2, 0.25) is 10.0 Å². The Morgan fingerprint density at radius 1 is 1.47 bits per heavy atom. The summed E-state index contributed by atoms with van der Waals surface area (Å²) in [7, 11) is -3.71. The van der Waals surface area contributed by atoms with Gasteiger partial charge in [-0.3, -0.25) is 0 Å². The maximum absolute atomic E-state index is 13.6. The normalized spacial score (nSPS) is 17.4. The molecule has 1 aromatic rings. The number of benzene rings is 1. The van der Waals surface area contributed by atoms with E-state index in [1.807, 2.05) is 6.92 Å². The molecule has 1 saturated carbocycles. The van der Waals surface area contributed by atoms with Crippen LogP contribution in [0.4, 0.5) is 4.39 Å². The molecule has 2 rings (SSSR count). The van der Waals surface area contributed by atoms with E-state index < -0.39 is 15.8 Å². The highest BCUT2D eigenvalue weighted by molar-refractivity contribution is 7.89. The third-order valence-corrected chi connectivity index (χ3v) is 4.98. The van der Waals surface area contributed by atoms with Gasteiger partial charge in [-0.2, -0.15) is 0 Å². The average Bonchev–Trinajstić information content (AvgIpc) is 3.11. The van der Waals surface area contributed by atoms with Crippen molar-refractivity contribution in [1.29, 1.82) is 0 Å². The first kappa shape index (κ1) is 14.4. The van der Waals surface area contributed by atoms with Crippen molar-refractivity contribution in [2.75, 3.05) is 0 Å². The molecule has 0 radical (unpaired) electrons. The lowest BCUT2D eigenvalue weighted by atomic mass is 10.2. The van der Waals surface area contributed by atoms with E-state index in [0.717, 1.165) is 6.42 Å². The number of nitrogens with one attached hydrogen (secondary N) is 1. The van der Waals surface area contributed by atoms with Gasteiger partial charge < -0.3 is 5.73 Å². The highest BCUT2D eigenvalue weighted by Crippen LogP contribution is 2.33. The van der Waals surface area contributed by atoms with Crippen molar-refractivity contribution < 1.29 is 12.8 Å². The molecule has 19 heavy (non-hydrogen) atoms. The van der Waals surface area contributed by atoms with Crippen LogP contribution in [0.1, 0.15) is 31.7 Å². The van der Waals surface area contributed by atoms with Crippen LogP contribution in [0.5, 0.6) is 0 Å². The molecule has 4 nitrogen and oxygen atoms in total. The summed E-state index contributed by atoms with van der Waals surface area (Å²) in [6.07, 6.45) is 3.16. The number of sulfonamides is 1. The molecular weight excluding hydrogens is 267 g/mol. The van der Waals surface area contributed by atoms with E-state index in [-0.39, 0.29) is 23.0 Å². The standard InChI is InChI=1S/C13H19FN2O2S/c1-9(7-10-5-6-10)16-19(17,18)13-4-2-3-12(14)11(13)8-15/h2-4,9-10,16H,5-8,15H2,1H3. The molecule has 0 aliphatic heterocycles. The zero-order valence-corrected chi connectivity index (χ0v) is 11.7. The van der Waals surface area contributed by atoms with Gasteiger partial charge in [-0.15, -0.1) is 0 Å². The van der Waals surface area contributed by atoms with Crippen LogP contribution >= 0.6 is 0 Å². The number of halogens is 1. The molecule has 1 fully saturated rings. The van der Waals surface area contributed by atoms with Crippen LogP contribution in [0.3, 0.4) is 0 Å². The summed E-state index contributed by atoms with van der Waals surface area (Å²) in [4.78, 5) is -0.0577. The fourth-order valence-electron chi connectivity index (χ4n) is 2.22. The van der Waals surface area contributed by atoms with Gasteiger partial charge in [-0.1, -0.05) is 18.9 Å². The quantitative estimate of drug-likeness (QED) is 0.837. The monoisotopic (exact) mass is 286 g/mol. The molecule has 1 aliphatic carbocycles. The lowest BCUT2D eigenvalue weighted by Crippen LogP contribution is -2.33. The van der Waals surface area contributed by atoms with E-state index in [9.17, 15) is 12.8 Å². The fraction of sp³-hybridized carbons (Fsp3) is 0.538. The van der Waals surface area contributed by atoms with Crippen LogP contribution in [-0.4, -0.2) is 14.5 Å². The highest BCUT2D eigenvalue weighted by Gasteiger charge is 2.27. The summed E-state index contributed by atoms with van der Waals surface area (Å²) in [6, 6.07) is 3.84. The summed E-state index contributed by atoms with van der Waals surface area (Å²) in [5.74, 6) is 0.0411. The van der Waals surface area contributed by atoms with Crippen molar-refractivity contribution in [2.45, 2.75) is 43.7 Å².